The first kappa shape index (κ1) is 19.1. The molecular weight excluding hydrogens is 338 g/mol. The molecule has 6 heteroatoms. The number of ether oxygens (including phenoxy) is 1. The third-order valence-electron chi connectivity index (χ3n) is 3.88. The minimum atomic E-state index is -0.192. The Hall–Kier alpha value is -2.27. The van der Waals surface area contributed by atoms with Crippen molar-refractivity contribution in [3.05, 3.63) is 52.3 Å². The van der Waals surface area contributed by atoms with Gasteiger partial charge >= 0.3 is 0 Å². The van der Waals surface area contributed by atoms with Gasteiger partial charge in [-0.3, -0.25) is 9.48 Å². The molecule has 1 aromatic carbocycles. The standard InChI is InChI=1S/C19H24ClN3O2/c1-4-5-12-23-19(20)16(14(2)22-23)10-11-18(24)21-13-15-8-6-7-9-17(15)25-3/h6-11H,4-5,12-13H2,1-3H3,(H,21,24)/b11-10+. The van der Waals surface area contributed by atoms with E-state index in [0.717, 1.165) is 42.0 Å². The maximum atomic E-state index is 12.1. The molecule has 0 radical (unpaired) electrons. The largest absolute Gasteiger partial charge is 0.496 e. The second-order valence-electron chi connectivity index (χ2n) is 5.73. The predicted octanol–water partition coefficient (Wildman–Crippen LogP) is 3.98. The van der Waals surface area contributed by atoms with Crippen molar-refractivity contribution in [3.63, 3.8) is 0 Å². The Morgan fingerprint density at radius 1 is 1.40 bits per heavy atom. The Balaban J connectivity index is 1.99. The Labute approximate surface area is 153 Å². The van der Waals surface area contributed by atoms with Gasteiger partial charge in [-0.2, -0.15) is 5.10 Å². The highest BCUT2D eigenvalue weighted by Gasteiger charge is 2.11. The Morgan fingerprint density at radius 2 is 2.16 bits per heavy atom. The average Bonchev–Trinajstić information content (AvgIpc) is 2.89. The number of para-hydroxylation sites is 1. The lowest BCUT2D eigenvalue weighted by molar-refractivity contribution is -0.116. The maximum absolute atomic E-state index is 12.1. The van der Waals surface area contributed by atoms with Crippen LogP contribution in [0.2, 0.25) is 5.15 Å². The molecule has 1 aromatic heterocycles. The van der Waals surface area contributed by atoms with Crippen molar-refractivity contribution in [1.29, 1.82) is 0 Å². The van der Waals surface area contributed by atoms with Gasteiger partial charge in [-0.25, -0.2) is 0 Å². The van der Waals surface area contributed by atoms with Crippen LogP contribution in [0.3, 0.4) is 0 Å². The molecule has 0 fully saturated rings. The first-order valence-electron chi connectivity index (χ1n) is 8.37. The van der Waals surface area contributed by atoms with Crippen molar-refractivity contribution in [2.24, 2.45) is 0 Å². The zero-order valence-electron chi connectivity index (χ0n) is 14.9. The summed E-state index contributed by atoms with van der Waals surface area (Å²) in [5, 5.41) is 7.84. The monoisotopic (exact) mass is 361 g/mol. The number of aromatic nitrogens is 2. The van der Waals surface area contributed by atoms with Gasteiger partial charge < -0.3 is 10.1 Å². The van der Waals surface area contributed by atoms with E-state index in [1.165, 1.54) is 6.08 Å². The fourth-order valence-corrected chi connectivity index (χ4v) is 2.78. The van der Waals surface area contributed by atoms with Gasteiger partial charge in [0.1, 0.15) is 10.9 Å². The third-order valence-corrected chi connectivity index (χ3v) is 4.28. The molecule has 0 saturated carbocycles. The molecule has 0 aliphatic heterocycles. The molecule has 1 N–H and O–H groups in total. The van der Waals surface area contributed by atoms with E-state index >= 15 is 0 Å². The number of carbonyl (C=O) groups excluding carboxylic acids is 1. The van der Waals surface area contributed by atoms with Crippen LogP contribution in [-0.2, 0) is 17.9 Å². The highest BCUT2D eigenvalue weighted by atomic mass is 35.5. The van der Waals surface area contributed by atoms with E-state index in [2.05, 4.69) is 17.3 Å². The van der Waals surface area contributed by atoms with E-state index in [9.17, 15) is 4.79 Å². The molecule has 1 amide bonds. The summed E-state index contributed by atoms with van der Waals surface area (Å²) in [6, 6.07) is 7.59. The lowest BCUT2D eigenvalue weighted by Gasteiger charge is -2.08. The fourth-order valence-electron chi connectivity index (χ4n) is 2.46. The van der Waals surface area contributed by atoms with Gasteiger partial charge in [-0.15, -0.1) is 0 Å². The van der Waals surface area contributed by atoms with Crippen LogP contribution in [-0.4, -0.2) is 22.8 Å². The van der Waals surface area contributed by atoms with Crippen LogP contribution < -0.4 is 10.1 Å². The highest BCUT2D eigenvalue weighted by Crippen LogP contribution is 2.22. The fraction of sp³-hybridized carbons (Fsp3) is 0.368. The highest BCUT2D eigenvalue weighted by molar-refractivity contribution is 6.31. The lowest BCUT2D eigenvalue weighted by Crippen LogP contribution is -2.20. The minimum absolute atomic E-state index is 0.192. The SMILES string of the molecule is CCCCn1nc(C)c(/C=C/C(=O)NCc2ccccc2OC)c1Cl. The predicted molar refractivity (Wildman–Crippen MR) is 101 cm³/mol. The summed E-state index contributed by atoms with van der Waals surface area (Å²) in [6.07, 6.45) is 5.29. The average molecular weight is 362 g/mol. The van der Waals surface area contributed by atoms with Crippen LogP contribution >= 0.6 is 11.6 Å². The van der Waals surface area contributed by atoms with E-state index < -0.39 is 0 Å². The molecule has 0 saturated heterocycles. The van der Waals surface area contributed by atoms with Crippen molar-refractivity contribution in [1.82, 2.24) is 15.1 Å². The first-order chi connectivity index (χ1) is 12.1. The molecule has 0 spiro atoms. The summed E-state index contributed by atoms with van der Waals surface area (Å²) in [5.41, 5.74) is 2.52. The molecule has 5 nitrogen and oxygen atoms in total. The number of methoxy groups -OCH3 is 1. The maximum Gasteiger partial charge on any atom is 0.244 e. The van der Waals surface area contributed by atoms with Crippen molar-refractivity contribution in [2.75, 3.05) is 7.11 Å². The van der Waals surface area contributed by atoms with Crippen molar-refractivity contribution in [2.45, 2.75) is 39.8 Å². The van der Waals surface area contributed by atoms with Gasteiger partial charge in [-0.1, -0.05) is 43.1 Å². The number of nitrogens with zero attached hydrogens (tertiary/aromatic N) is 2. The quantitative estimate of drug-likeness (QED) is 0.723. The van der Waals surface area contributed by atoms with Crippen LogP contribution in [0.4, 0.5) is 0 Å². The third kappa shape index (κ3) is 5.10. The van der Waals surface area contributed by atoms with E-state index in [0.29, 0.717) is 11.7 Å². The molecule has 0 bridgehead atoms. The molecule has 1 heterocycles. The number of nitrogens with one attached hydrogen (secondary N) is 1. The smallest absolute Gasteiger partial charge is 0.244 e. The molecule has 0 unspecified atom stereocenters. The number of unbranched alkanes of at least 4 members (excludes halogenated alkanes) is 1. The summed E-state index contributed by atoms with van der Waals surface area (Å²) in [4.78, 5) is 12.1. The molecule has 0 aliphatic rings. The van der Waals surface area contributed by atoms with Crippen LogP contribution in [0.5, 0.6) is 5.75 Å². The number of benzene rings is 1. The first-order valence-corrected chi connectivity index (χ1v) is 8.75. The van der Waals surface area contributed by atoms with E-state index in [1.54, 1.807) is 17.9 Å². The second kappa shape index (κ2) is 9.28. The van der Waals surface area contributed by atoms with E-state index in [4.69, 9.17) is 16.3 Å². The number of halogens is 1. The van der Waals surface area contributed by atoms with Crippen molar-refractivity contribution < 1.29 is 9.53 Å². The van der Waals surface area contributed by atoms with Crippen molar-refractivity contribution in [3.8, 4) is 5.75 Å². The van der Waals surface area contributed by atoms with Gasteiger partial charge in [0, 0.05) is 30.3 Å². The number of hydrogen-bond acceptors (Lipinski definition) is 3. The number of carbonyl (C=O) groups is 1. The molecule has 134 valence electrons. The number of aryl methyl sites for hydroxylation is 2. The Bertz CT molecular complexity index is 753. The summed E-state index contributed by atoms with van der Waals surface area (Å²) in [7, 11) is 1.61. The summed E-state index contributed by atoms with van der Waals surface area (Å²) in [5.74, 6) is 0.561. The Kier molecular flexibility index (Phi) is 7.07. The zero-order valence-corrected chi connectivity index (χ0v) is 15.6. The normalized spacial score (nSPS) is 11.0. The number of hydrogen-bond donors (Lipinski definition) is 1. The molecule has 25 heavy (non-hydrogen) atoms. The van der Waals surface area contributed by atoms with Crippen LogP contribution in [0, 0.1) is 6.92 Å². The molecule has 2 aromatic rings. The van der Waals surface area contributed by atoms with Gasteiger partial charge in [-0.05, 0) is 25.5 Å². The van der Waals surface area contributed by atoms with Gasteiger partial charge in [0.15, 0.2) is 0 Å². The molecule has 2 rings (SSSR count). The molecule has 0 aliphatic carbocycles. The Morgan fingerprint density at radius 3 is 2.88 bits per heavy atom. The second-order valence-corrected chi connectivity index (χ2v) is 6.09. The van der Waals surface area contributed by atoms with Crippen LogP contribution in [0.15, 0.2) is 30.3 Å². The number of rotatable bonds is 8. The zero-order chi connectivity index (χ0) is 18.2. The summed E-state index contributed by atoms with van der Waals surface area (Å²) in [6.45, 7) is 5.19. The summed E-state index contributed by atoms with van der Waals surface area (Å²) >= 11 is 6.36. The van der Waals surface area contributed by atoms with E-state index in [1.807, 2.05) is 31.2 Å². The van der Waals surface area contributed by atoms with Gasteiger partial charge in [0.05, 0.1) is 12.8 Å². The summed E-state index contributed by atoms with van der Waals surface area (Å²) < 4.78 is 7.06. The molecule has 0 atom stereocenters. The minimum Gasteiger partial charge on any atom is -0.496 e. The van der Waals surface area contributed by atoms with Crippen molar-refractivity contribution >= 4 is 23.6 Å². The van der Waals surface area contributed by atoms with Crippen LogP contribution in [0.25, 0.3) is 6.08 Å². The topological polar surface area (TPSA) is 56.2 Å². The molecular formula is C19H24ClN3O2. The lowest BCUT2D eigenvalue weighted by atomic mass is 10.2. The number of amides is 1. The van der Waals surface area contributed by atoms with E-state index in [-0.39, 0.29) is 5.91 Å². The van der Waals surface area contributed by atoms with Gasteiger partial charge in [0.2, 0.25) is 5.91 Å². The van der Waals surface area contributed by atoms with Crippen LogP contribution in [0.1, 0.15) is 36.6 Å². The van der Waals surface area contributed by atoms with Gasteiger partial charge in [0.25, 0.3) is 0 Å².